The molecule has 0 bridgehead atoms. The fraction of sp³-hybridized carbons (Fsp3) is 0.350. The van der Waals surface area contributed by atoms with Crippen LogP contribution in [0.2, 0.25) is 0 Å². The summed E-state index contributed by atoms with van der Waals surface area (Å²) in [5, 5.41) is 5.93. The van der Waals surface area contributed by atoms with E-state index >= 15 is 0 Å². The first-order chi connectivity index (χ1) is 11.9. The number of aryl methyl sites for hydroxylation is 1. The van der Waals surface area contributed by atoms with Crippen LogP contribution in [0.1, 0.15) is 37.4 Å². The molecular formula is C20H24N2O3. The number of hydrogen-bond donors (Lipinski definition) is 2. The third kappa shape index (κ3) is 3.87. The summed E-state index contributed by atoms with van der Waals surface area (Å²) in [5.74, 6) is 1.46. The molecule has 2 aromatic rings. The van der Waals surface area contributed by atoms with Gasteiger partial charge in [0, 0.05) is 12.0 Å². The Kier molecular flexibility index (Phi) is 4.57. The molecule has 0 radical (unpaired) electrons. The monoisotopic (exact) mass is 340 g/mol. The highest BCUT2D eigenvalue weighted by Crippen LogP contribution is 2.40. The average molecular weight is 340 g/mol. The van der Waals surface area contributed by atoms with Crippen molar-refractivity contribution in [2.45, 2.75) is 38.8 Å². The SMILES string of the molecule is COc1ccccc1NC(=O)N[C@@H]1CC(C)(C)Oc2cc(C)ccc21. The first-order valence-corrected chi connectivity index (χ1v) is 8.38. The van der Waals surface area contributed by atoms with Gasteiger partial charge in [-0.2, -0.15) is 0 Å². The summed E-state index contributed by atoms with van der Waals surface area (Å²) in [6.45, 7) is 6.10. The lowest BCUT2D eigenvalue weighted by Gasteiger charge is -2.38. The molecule has 1 atom stereocenters. The van der Waals surface area contributed by atoms with Crippen LogP contribution in [-0.2, 0) is 0 Å². The maximum atomic E-state index is 12.5. The van der Waals surface area contributed by atoms with E-state index in [1.807, 2.05) is 63.2 Å². The largest absolute Gasteiger partial charge is 0.495 e. The van der Waals surface area contributed by atoms with Crippen LogP contribution in [0.15, 0.2) is 42.5 Å². The Bertz CT molecular complexity index is 786. The van der Waals surface area contributed by atoms with Crippen LogP contribution < -0.4 is 20.1 Å². The van der Waals surface area contributed by atoms with Crippen LogP contribution in [0.3, 0.4) is 0 Å². The number of carbonyl (C=O) groups excluding carboxylic acids is 1. The summed E-state index contributed by atoms with van der Waals surface area (Å²) >= 11 is 0. The first kappa shape index (κ1) is 17.1. The molecule has 2 N–H and O–H groups in total. The van der Waals surface area contributed by atoms with Gasteiger partial charge >= 0.3 is 6.03 Å². The molecule has 25 heavy (non-hydrogen) atoms. The molecule has 1 heterocycles. The van der Waals surface area contributed by atoms with Gasteiger partial charge in [-0.1, -0.05) is 24.3 Å². The molecule has 2 aromatic carbocycles. The van der Waals surface area contributed by atoms with Gasteiger partial charge in [0.25, 0.3) is 0 Å². The van der Waals surface area contributed by atoms with E-state index in [2.05, 4.69) is 10.6 Å². The maximum absolute atomic E-state index is 12.5. The lowest BCUT2D eigenvalue weighted by Crippen LogP contribution is -2.42. The van der Waals surface area contributed by atoms with E-state index in [0.717, 1.165) is 16.9 Å². The van der Waals surface area contributed by atoms with Gasteiger partial charge in [-0.25, -0.2) is 4.79 Å². The zero-order valence-electron chi connectivity index (χ0n) is 15.1. The van der Waals surface area contributed by atoms with Crippen molar-refractivity contribution in [2.24, 2.45) is 0 Å². The molecule has 0 saturated carbocycles. The summed E-state index contributed by atoms with van der Waals surface area (Å²) in [5.41, 5.74) is 2.43. The van der Waals surface area contributed by atoms with E-state index < -0.39 is 0 Å². The minimum absolute atomic E-state index is 0.117. The molecule has 2 amide bonds. The molecular weight excluding hydrogens is 316 g/mol. The summed E-state index contributed by atoms with van der Waals surface area (Å²) < 4.78 is 11.4. The van der Waals surface area contributed by atoms with Crippen molar-refractivity contribution in [1.82, 2.24) is 5.32 Å². The van der Waals surface area contributed by atoms with Gasteiger partial charge in [-0.3, -0.25) is 0 Å². The number of rotatable bonds is 3. The number of hydrogen-bond acceptors (Lipinski definition) is 3. The van der Waals surface area contributed by atoms with Crippen molar-refractivity contribution >= 4 is 11.7 Å². The predicted molar refractivity (Wildman–Crippen MR) is 98.4 cm³/mol. The number of urea groups is 1. The number of anilines is 1. The second-order valence-electron chi connectivity index (χ2n) is 6.96. The van der Waals surface area contributed by atoms with E-state index in [0.29, 0.717) is 17.9 Å². The molecule has 3 rings (SSSR count). The Morgan fingerprint density at radius 1 is 1.24 bits per heavy atom. The number of methoxy groups -OCH3 is 1. The number of carbonyl (C=O) groups is 1. The fourth-order valence-electron chi connectivity index (χ4n) is 3.15. The van der Waals surface area contributed by atoms with Crippen molar-refractivity contribution in [3.05, 3.63) is 53.6 Å². The van der Waals surface area contributed by atoms with Crippen LogP contribution in [0.5, 0.6) is 11.5 Å². The molecule has 0 fully saturated rings. The number of ether oxygens (including phenoxy) is 2. The Labute approximate surface area is 148 Å². The highest BCUT2D eigenvalue weighted by Gasteiger charge is 2.34. The summed E-state index contributed by atoms with van der Waals surface area (Å²) in [6.07, 6.45) is 0.697. The third-order valence-electron chi connectivity index (χ3n) is 4.29. The summed E-state index contributed by atoms with van der Waals surface area (Å²) in [6, 6.07) is 13.0. The lowest BCUT2D eigenvalue weighted by molar-refractivity contribution is 0.0682. The molecule has 0 aliphatic carbocycles. The summed E-state index contributed by atoms with van der Waals surface area (Å²) in [4.78, 5) is 12.5. The zero-order valence-corrected chi connectivity index (χ0v) is 15.1. The third-order valence-corrected chi connectivity index (χ3v) is 4.29. The van der Waals surface area contributed by atoms with Gasteiger partial charge < -0.3 is 20.1 Å². The van der Waals surface area contributed by atoms with Gasteiger partial charge in [0.05, 0.1) is 18.8 Å². The molecule has 1 aliphatic rings. The predicted octanol–water partition coefficient (Wildman–Crippen LogP) is 4.43. The standard InChI is InChI=1S/C20H24N2O3/c1-13-9-10-14-16(12-20(2,3)25-18(14)11-13)22-19(23)21-15-7-5-6-8-17(15)24-4/h5-11,16H,12H2,1-4H3,(H2,21,22,23)/t16-/m1/s1. The zero-order chi connectivity index (χ0) is 18.0. The lowest BCUT2D eigenvalue weighted by atomic mass is 9.89. The number of benzene rings is 2. The number of nitrogens with one attached hydrogen (secondary N) is 2. The Balaban J connectivity index is 1.79. The van der Waals surface area contributed by atoms with E-state index in [1.165, 1.54) is 0 Å². The quantitative estimate of drug-likeness (QED) is 0.869. The van der Waals surface area contributed by atoms with E-state index in [9.17, 15) is 4.79 Å². The van der Waals surface area contributed by atoms with Crippen molar-refractivity contribution in [2.75, 3.05) is 12.4 Å². The van der Waals surface area contributed by atoms with Crippen LogP contribution >= 0.6 is 0 Å². The smallest absolute Gasteiger partial charge is 0.319 e. The van der Waals surface area contributed by atoms with Gasteiger partial charge in [0.15, 0.2) is 0 Å². The van der Waals surface area contributed by atoms with Crippen LogP contribution in [-0.4, -0.2) is 18.7 Å². The Morgan fingerprint density at radius 3 is 2.76 bits per heavy atom. The normalized spacial score (nSPS) is 17.8. The van der Waals surface area contributed by atoms with Crippen molar-refractivity contribution < 1.29 is 14.3 Å². The fourth-order valence-corrected chi connectivity index (χ4v) is 3.15. The Morgan fingerprint density at radius 2 is 2.00 bits per heavy atom. The van der Waals surface area contributed by atoms with Gasteiger partial charge in [-0.15, -0.1) is 0 Å². The minimum atomic E-state index is -0.344. The topological polar surface area (TPSA) is 59.6 Å². The minimum Gasteiger partial charge on any atom is -0.495 e. The van der Waals surface area contributed by atoms with Gasteiger partial charge in [-0.05, 0) is 44.5 Å². The first-order valence-electron chi connectivity index (χ1n) is 8.38. The highest BCUT2D eigenvalue weighted by molar-refractivity contribution is 5.91. The number of para-hydroxylation sites is 2. The van der Waals surface area contributed by atoms with Crippen LogP contribution in [0.4, 0.5) is 10.5 Å². The molecule has 132 valence electrons. The van der Waals surface area contributed by atoms with E-state index in [1.54, 1.807) is 7.11 Å². The van der Waals surface area contributed by atoms with E-state index in [4.69, 9.17) is 9.47 Å². The molecule has 5 nitrogen and oxygen atoms in total. The molecule has 0 spiro atoms. The summed E-state index contributed by atoms with van der Waals surface area (Å²) in [7, 11) is 1.58. The highest BCUT2D eigenvalue weighted by atomic mass is 16.5. The molecule has 0 aromatic heterocycles. The molecule has 0 unspecified atom stereocenters. The van der Waals surface area contributed by atoms with Crippen molar-refractivity contribution in [1.29, 1.82) is 0 Å². The van der Waals surface area contributed by atoms with Crippen molar-refractivity contribution in [3.63, 3.8) is 0 Å². The van der Waals surface area contributed by atoms with Gasteiger partial charge in [0.2, 0.25) is 0 Å². The van der Waals surface area contributed by atoms with Gasteiger partial charge in [0.1, 0.15) is 17.1 Å². The van der Waals surface area contributed by atoms with Crippen molar-refractivity contribution in [3.8, 4) is 11.5 Å². The van der Waals surface area contributed by atoms with E-state index in [-0.39, 0.29) is 17.7 Å². The second-order valence-corrected chi connectivity index (χ2v) is 6.96. The average Bonchev–Trinajstić information content (AvgIpc) is 2.53. The molecule has 1 aliphatic heterocycles. The number of amides is 2. The molecule has 5 heteroatoms. The second kappa shape index (κ2) is 6.67. The number of fused-ring (bicyclic) bond motifs is 1. The maximum Gasteiger partial charge on any atom is 0.319 e. The van der Waals surface area contributed by atoms with Crippen LogP contribution in [0, 0.1) is 6.92 Å². The molecule has 0 saturated heterocycles. The van der Waals surface area contributed by atoms with Crippen LogP contribution in [0.25, 0.3) is 0 Å². The Hall–Kier alpha value is -2.69.